The molecule has 2 amide bonds. The van der Waals surface area contributed by atoms with Crippen LogP contribution >= 0.6 is 0 Å². The molecule has 0 bridgehead atoms. The number of piperidine rings is 1. The SMILES string of the molecule is CC(=O)NCCC(=O)N1CCCC(CCC(=O)O)C1. The number of likely N-dealkylation sites (tertiary alicyclic amines) is 1. The highest BCUT2D eigenvalue weighted by molar-refractivity contribution is 5.78. The topological polar surface area (TPSA) is 86.7 Å². The van der Waals surface area contributed by atoms with Gasteiger partial charge in [-0.05, 0) is 25.2 Å². The average molecular weight is 270 g/mol. The Morgan fingerprint density at radius 1 is 1.32 bits per heavy atom. The second-order valence-electron chi connectivity index (χ2n) is 5.01. The summed E-state index contributed by atoms with van der Waals surface area (Å²) in [6, 6.07) is 0. The Morgan fingerprint density at radius 3 is 2.68 bits per heavy atom. The zero-order chi connectivity index (χ0) is 14.3. The summed E-state index contributed by atoms with van der Waals surface area (Å²) in [4.78, 5) is 35.0. The predicted molar refractivity (Wildman–Crippen MR) is 69.5 cm³/mol. The van der Waals surface area contributed by atoms with Gasteiger partial charge in [0.15, 0.2) is 0 Å². The van der Waals surface area contributed by atoms with Crippen LogP contribution in [0.25, 0.3) is 0 Å². The molecular weight excluding hydrogens is 248 g/mol. The molecule has 0 aliphatic carbocycles. The maximum Gasteiger partial charge on any atom is 0.303 e. The first-order chi connectivity index (χ1) is 8.99. The van der Waals surface area contributed by atoms with Crippen LogP contribution in [0.2, 0.25) is 0 Å². The van der Waals surface area contributed by atoms with Crippen LogP contribution in [0.5, 0.6) is 0 Å². The fourth-order valence-electron chi connectivity index (χ4n) is 2.36. The van der Waals surface area contributed by atoms with E-state index in [2.05, 4.69) is 5.32 Å². The van der Waals surface area contributed by atoms with Gasteiger partial charge in [0.25, 0.3) is 0 Å². The Hall–Kier alpha value is -1.59. The number of carboxylic acids is 1. The molecule has 6 nitrogen and oxygen atoms in total. The molecule has 108 valence electrons. The normalized spacial score (nSPS) is 19.0. The third-order valence-corrected chi connectivity index (χ3v) is 3.35. The number of aliphatic carboxylic acids is 1. The molecular formula is C13H22N2O4. The summed E-state index contributed by atoms with van der Waals surface area (Å²) < 4.78 is 0. The Bertz CT molecular complexity index is 344. The molecule has 19 heavy (non-hydrogen) atoms. The van der Waals surface area contributed by atoms with E-state index in [0.29, 0.717) is 25.9 Å². The number of hydrogen-bond donors (Lipinski definition) is 2. The summed E-state index contributed by atoms with van der Waals surface area (Å²) in [5.74, 6) is -0.594. The lowest BCUT2D eigenvalue weighted by molar-refractivity contribution is -0.137. The number of nitrogens with zero attached hydrogens (tertiary/aromatic N) is 1. The summed E-state index contributed by atoms with van der Waals surface area (Å²) >= 11 is 0. The number of nitrogens with one attached hydrogen (secondary N) is 1. The fraction of sp³-hybridized carbons (Fsp3) is 0.769. The molecule has 0 aromatic carbocycles. The van der Waals surface area contributed by atoms with E-state index in [4.69, 9.17) is 5.11 Å². The van der Waals surface area contributed by atoms with Crippen molar-refractivity contribution in [1.82, 2.24) is 10.2 Å². The lowest BCUT2D eigenvalue weighted by atomic mass is 9.93. The van der Waals surface area contributed by atoms with Gasteiger partial charge < -0.3 is 15.3 Å². The highest BCUT2D eigenvalue weighted by Crippen LogP contribution is 2.21. The first-order valence-corrected chi connectivity index (χ1v) is 6.73. The number of carbonyl (C=O) groups is 3. The lowest BCUT2D eigenvalue weighted by Gasteiger charge is -2.32. The standard InChI is InChI=1S/C13H22N2O4/c1-10(16)14-7-6-12(17)15-8-2-3-11(9-15)4-5-13(18)19/h11H,2-9H2,1H3,(H,14,16)(H,18,19). The van der Waals surface area contributed by atoms with E-state index in [9.17, 15) is 14.4 Å². The van der Waals surface area contributed by atoms with E-state index in [0.717, 1.165) is 19.4 Å². The Labute approximate surface area is 113 Å². The molecule has 1 heterocycles. The van der Waals surface area contributed by atoms with Crippen molar-refractivity contribution < 1.29 is 19.5 Å². The maximum atomic E-state index is 11.9. The highest BCUT2D eigenvalue weighted by Gasteiger charge is 2.23. The smallest absolute Gasteiger partial charge is 0.303 e. The molecule has 1 aliphatic rings. The molecule has 1 fully saturated rings. The predicted octanol–water partition coefficient (Wildman–Crippen LogP) is 0.616. The quantitative estimate of drug-likeness (QED) is 0.740. The van der Waals surface area contributed by atoms with Crippen LogP contribution in [0.3, 0.4) is 0 Å². The summed E-state index contributed by atoms with van der Waals surface area (Å²) in [5.41, 5.74) is 0. The molecule has 0 aromatic heterocycles. The van der Waals surface area contributed by atoms with Crippen LogP contribution in [0, 0.1) is 5.92 Å². The molecule has 1 atom stereocenters. The van der Waals surface area contributed by atoms with Gasteiger partial charge in [-0.25, -0.2) is 0 Å². The van der Waals surface area contributed by atoms with Gasteiger partial charge in [-0.2, -0.15) is 0 Å². The number of carbonyl (C=O) groups excluding carboxylic acids is 2. The van der Waals surface area contributed by atoms with Crippen LogP contribution in [0.1, 0.15) is 39.0 Å². The Balaban J connectivity index is 2.30. The zero-order valence-corrected chi connectivity index (χ0v) is 11.4. The van der Waals surface area contributed by atoms with Crippen molar-refractivity contribution in [3.05, 3.63) is 0 Å². The third kappa shape index (κ3) is 6.22. The average Bonchev–Trinajstić information content (AvgIpc) is 2.36. The number of hydrogen-bond acceptors (Lipinski definition) is 3. The Morgan fingerprint density at radius 2 is 2.05 bits per heavy atom. The second kappa shape index (κ2) is 7.76. The minimum absolute atomic E-state index is 0.0359. The van der Waals surface area contributed by atoms with E-state index in [1.807, 2.05) is 0 Å². The van der Waals surface area contributed by atoms with Gasteiger partial charge in [0.1, 0.15) is 0 Å². The number of amides is 2. The minimum atomic E-state index is -0.783. The van der Waals surface area contributed by atoms with Gasteiger partial charge in [-0.15, -0.1) is 0 Å². The highest BCUT2D eigenvalue weighted by atomic mass is 16.4. The van der Waals surface area contributed by atoms with Crippen LogP contribution in [0.15, 0.2) is 0 Å². The van der Waals surface area contributed by atoms with Crippen molar-refractivity contribution in [2.75, 3.05) is 19.6 Å². The zero-order valence-electron chi connectivity index (χ0n) is 11.4. The van der Waals surface area contributed by atoms with E-state index in [1.54, 1.807) is 4.90 Å². The van der Waals surface area contributed by atoms with Crippen LogP contribution in [0.4, 0.5) is 0 Å². The van der Waals surface area contributed by atoms with Crippen molar-refractivity contribution in [3.63, 3.8) is 0 Å². The summed E-state index contributed by atoms with van der Waals surface area (Å²) in [6.45, 7) is 3.17. The third-order valence-electron chi connectivity index (χ3n) is 3.35. The summed E-state index contributed by atoms with van der Waals surface area (Å²) in [6.07, 6.45) is 3.02. The fourth-order valence-corrected chi connectivity index (χ4v) is 2.36. The van der Waals surface area contributed by atoms with Crippen molar-refractivity contribution >= 4 is 17.8 Å². The molecule has 6 heteroatoms. The molecule has 2 N–H and O–H groups in total. The second-order valence-corrected chi connectivity index (χ2v) is 5.01. The van der Waals surface area contributed by atoms with Gasteiger partial charge in [0.05, 0.1) is 0 Å². The van der Waals surface area contributed by atoms with Gasteiger partial charge >= 0.3 is 5.97 Å². The van der Waals surface area contributed by atoms with E-state index in [-0.39, 0.29) is 24.2 Å². The molecule has 0 aromatic rings. The molecule has 1 saturated heterocycles. The van der Waals surface area contributed by atoms with E-state index >= 15 is 0 Å². The Kier molecular flexibility index (Phi) is 6.32. The number of carboxylic acid groups (broad SMARTS) is 1. The summed E-state index contributed by atoms with van der Waals surface area (Å²) in [5, 5.41) is 11.3. The molecule has 1 rings (SSSR count). The van der Waals surface area contributed by atoms with Crippen LogP contribution in [-0.4, -0.2) is 47.4 Å². The summed E-state index contributed by atoms with van der Waals surface area (Å²) in [7, 11) is 0. The van der Waals surface area contributed by atoms with Crippen LogP contribution < -0.4 is 5.32 Å². The molecule has 0 radical (unpaired) electrons. The molecule has 0 saturated carbocycles. The van der Waals surface area contributed by atoms with Gasteiger partial charge in [0, 0.05) is 39.4 Å². The van der Waals surface area contributed by atoms with Crippen molar-refractivity contribution in [2.45, 2.75) is 39.0 Å². The number of rotatable bonds is 6. The van der Waals surface area contributed by atoms with Crippen molar-refractivity contribution in [2.24, 2.45) is 5.92 Å². The van der Waals surface area contributed by atoms with Gasteiger partial charge in [-0.3, -0.25) is 14.4 Å². The lowest BCUT2D eigenvalue weighted by Crippen LogP contribution is -2.41. The van der Waals surface area contributed by atoms with E-state index < -0.39 is 5.97 Å². The monoisotopic (exact) mass is 270 g/mol. The first-order valence-electron chi connectivity index (χ1n) is 6.73. The maximum absolute atomic E-state index is 11.9. The van der Waals surface area contributed by atoms with Crippen molar-refractivity contribution in [1.29, 1.82) is 0 Å². The largest absolute Gasteiger partial charge is 0.481 e. The van der Waals surface area contributed by atoms with Crippen LogP contribution in [-0.2, 0) is 14.4 Å². The van der Waals surface area contributed by atoms with Gasteiger partial charge in [0.2, 0.25) is 11.8 Å². The first kappa shape index (κ1) is 15.5. The molecule has 1 aliphatic heterocycles. The van der Waals surface area contributed by atoms with Crippen molar-refractivity contribution in [3.8, 4) is 0 Å². The van der Waals surface area contributed by atoms with Gasteiger partial charge in [-0.1, -0.05) is 0 Å². The van der Waals surface area contributed by atoms with E-state index in [1.165, 1.54) is 6.92 Å². The molecule has 1 unspecified atom stereocenters. The molecule has 0 spiro atoms. The minimum Gasteiger partial charge on any atom is -0.481 e.